The number of hydrogen-bond donors (Lipinski definition) is 0. The Bertz CT molecular complexity index is 174. The molecule has 0 spiro atoms. The van der Waals surface area contributed by atoms with Crippen LogP contribution >= 0.6 is 0 Å². The molecule has 0 fully saturated rings. The standard InChI is InChI=1S/C3H2BN2O2/c7-6(8)3-1-2-4-5-3/h1-2H. The Morgan fingerprint density at radius 3 is 2.88 bits per heavy atom. The van der Waals surface area contributed by atoms with Gasteiger partial charge in [0.1, 0.15) is 0 Å². The lowest BCUT2D eigenvalue weighted by atomic mass is 10.00. The third-order valence-corrected chi connectivity index (χ3v) is 0.725. The normalized spacial score (nSPS) is 15.2. The zero-order valence-electron chi connectivity index (χ0n) is 3.94. The Labute approximate surface area is 46.3 Å². The molecule has 0 aliphatic carbocycles. The van der Waals surface area contributed by atoms with Crippen molar-refractivity contribution in [3.63, 3.8) is 0 Å². The average Bonchev–Trinajstić information content (AvgIpc) is 2.12. The van der Waals surface area contributed by atoms with E-state index in [1.807, 2.05) is 0 Å². The molecule has 1 aliphatic rings. The molecule has 0 saturated carbocycles. The summed E-state index contributed by atoms with van der Waals surface area (Å²) < 4.78 is 0. The van der Waals surface area contributed by atoms with Crippen LogP contribution in [0.4, 0.5) is 0 Å². The second kappa shape index (κ2) is 1.77. The molecule has 1 rings (SSSR count). The van der Waals surface area contributed by atoms with Crippen molar-refractivity contribution in [2.45, 2.75) is 0 Å². The Kier molecular flexibility index (Phi) is 1.11. The Hall–Kier alpha value is -1.13. The molecule has 0 aromatic rings. The molecule has 0 N–H and O–H groups in total. The SMILES string of the molecule is O=[N+]([O-])C1=N[B]C=C1. The van der Waals surface area contributed by atoms with Crippen molar-refractivity contribution in [3.8, 4) is 0 Å². The molecule has 0 aromatic carbocycles. The fraction of sp³-hybridized carbons (Fsp3) is 0. The smallest absolute Gasteiger partial charge is 0.358 e. The highest BCUT2D eigenvalue weighted by atomic mass is 16.6. The van der Waals surface area contributed by atoms with Crippen LogP contribution < -0.4 is 0 Å². The van der Waals surface area contributed by atoms with Gasteiger partial charge in [-0.1, -0.05) is 5.98 Å². The molecule has 0 bridgehead atoms. The molecule has 1 aliphatic heterocycles. The molecular formula is C3H2BN2O2. The quantitative estimate of drug-likeness (QED) is 0.246. The maximum Gasteiger partial charge on any atom is 0.479 e. The Morgan fingerprint density at radius 1 is 1.88 bits per heavy atom. The predicted octanol–water partition coefficient (Wildman–Crippen LogP) is -0.192. The molecule has 1 radical (unpaired) electrons. The highest BCUT2D eigenvalue weighted by Crippen LogP contribution is 1.90. The van der Waals surface area contributed by atoms with Crippen molar-refractivity contribution >= 4 is 13.3 Å². The van der Waals surface area contributed by atoms with Gasteiger partial charge in [0.05, 0.1) is 0 Å². The van der Waals surface area contributed by atoms with Gasteiger partial charge in [0.2, 0.25) is 0 Å². The Morgan fingerprint density at radius 2 is 2.62 bits per heavy atom. The number of nitrogens with zero attached hydrogens (tertiary/aromatic N) is 2. The van der Waals surface area contributed by atoms with Crippen molar-refractivity contribution in [1.82, 2.24) is 0 Å². The summed E-state index contributed by atoms with van der Waals surface area (Å²) in [7, 11) is 1.39. The van der Waals surface area contributed by atoms with Crippen LogP contribution in [0.5, 0.6) is 0 Å². The topological polar surface area (TPSA) is 55.5 Å². The molecular weight excluding hydrogens is 107 g/mol. The zero-order valence-corrected chi connectivity index (χ0v) is 3.94. The van der Waals surface area contributed by atoms with Gasteiger partial charge in [-0.15, -0.1) is 0 Å². The minimum Gasteiger partial charge on any atom is -0.358 e. The van der Waals surface area contributed by atoms with Gasteiger partial charge in [-0.3, -0.25) is 0 Å². The maximum atomic E-state index is 9.81. The van der Waals surface area contributed by atoms with E-state index in [1.165, 1.54) is 19.5 Å². The lowest BCUT2D eigenvalue weighted by molar-refractivity contribution is -0.347. The van der Waals surface area contributed by atoms with Crippen molar-refractivity contribution in [2.75, 3.05) is 0 Å². The van der Waals surface area contributed by atoms with Gasteiger partial charge in [-0.05, 0) is 4.92 Å². The van der Waals surface area contributed by atoms with Gasteiger partial charge >= 0.3 is 13.3 Å². The monoisotopic (exact) mass is 109 g/mol. The highest BCUT2D eigenvalue weighted by molar-refractivity contribution is 6.45. The van der Waals surface area contributed by atoms with Crippen LogP contribution in [0.3, 0.4) is 0 Å². The second-order valence-electron chi connectivity index (χ2n) is 1.25. The van der Waals surface area contributed by atoms with Crippen molar-refractivity contribution in [2.24, 2.45) is 4.90 Å². The third-order valence-electron chi connectivity index (χ3n) is 0.725. The molecule has 4 nitrogen and oxygen atoms in total. The van der Waals surface area contributed by atoms with E-state index in [-0.39, 0.29) is 5.84 Å². The summed E-state index contributed by atoms with van der Waals surface area (Å²) in [5.41, 5.74) is 0. The van der Waals surface area contributed by atoms with E-state index in [4.69, 9.17) is 0 Å². The third kappa shape index (κ3) is 0.751. The lowest BCUT2D eigenvalue weighted by Crippen LogP contribution is -2.05. The van der Waals surface area contributed by atoms with E-state index in [1.54, 1.807) is 0 Å². The molecule has 5 heteroatoms. The average molecular weight is 109 g/mol. The van der Waals surface area contributed by atoms with Crippen LogP contribution in [0.25, 0.3) is 0 Å². The van der Waals surface area contributed by atoms with Crippen LogP contribution in [-0.4, -0.2) is 18.2 Å². The molecule has 1 heterocycles. The first-order valence-electron chi connectivity index (χ1n) is 2.03. The molecule has 0 amide bonds. The van der Waals surface area contributed by atoms with Gasteiger partial charge in [-0.25, -0.2) is 0 Å². The van der Waals surface area contributed by atoms with Gasteiger partial charge < -0.3 is 10.1 Å². The van der Waals surface area contributed by atoms with Crippen LogP contribution in [0.1, 0.15) is 0 Å². The van der Waals surface area contributed by atoms with E-state index in [2.05, 4.69) is 4.90 Å². The maximum absolute atomic E-state index is 9.81. The highest BCUT2D eigenvalue weighted by Gasteiger charge is 2.11. The predicted molar refractivity (Wildman–Crippen MR) is 29.3 cm³/mol. The fourth-order valence-corrected chi connectivity index (χ4v) is 0.400. The molecule has 39 valence electrons. The number of hydrogen-bond acceptors (Lipinski definition) is 3. The first kappa shape index (κ1) is 5.02. The minimum absolute atomic E-state index is 0.0926. The van der Waals surface area contributed by atoms with Crippen LogP contribution in [0.2, 0.25) is 0 Å². The number of amidine groups is 1. The van der Waals surface area contributed by atoms with Crippen LogP contribution in [-0.2, 0) is 0 Å². The molecule has 8 heavy (non-hydrogen) atoms. The molecule has 0 unspecified atom stereocenters. The summed E-state index contributed by atoms with van der Waals surface area (Å²) in [6.45, 7) is 0. The van der Waals surface area contributed by atoms with Gasteiger partial charge in [-0.2, -0.15) is 4.90 Å². The van der Waals surface area contributed by atoms with E-state index in [9.17, 15) is 10.1 Å². The first-order chi connectivity index (χ1) is 3.80. The van der Waals surface area contributed by atoms with E-state index >= 15 is 0 Å². The van der Waals surface area contributed by atoms with E-state index < -0.39 is 4.92 Å². The lowest BCUT2D eigenvalue weighted by Gasteiger charge is -1.85. The second-order valence-corrected chi connectivity index (χ2v) is 1.25. The van der Waals surface area contributed by atoms with Gasteiger partial charge in [0.15, 0.2) is 0 Å². The van der Waals surface area contributed by atoms with Gasteiger partial charge in [0, 0.05) is 6.08 Å². The first-order valence-corrected chi connectivity index (χ1v) is 2.03. The van der Waals surface area contributed by atoms with Gasteiger partial charge in [0.25, 0.3) is 0 Å². The van der Waals surface area contributed by atoms with Crippen molar-refractivity contribution in [1.29, 1.82) is 0 Å². The fourth-order valence-electron chi connectivity index (χ4n) is 0.400. The van der Waals surface area contributed by atoms with Crippen molar-refractivity contribution < 1.29 is 4.92 Å². The molecule has 0 saturated heterocycles. The molecule has 0 aromatic heterocycles. The minimum atomic E-state index is -0.528. The summed E-state index contributed by atoms with van der Waals surface area (Å²) in [6, 6.07) is 0. The molecule has 0 atom stereocenters. The van der Waals surface area contributed by atoms with E-state index in [0.717, 1.165) is 0 Å². The zero-order chi connectivity index (χ0) is 5.98. The largest absolute Gasteiger partial charge is 0.479 e. The number of rotatable bonds is 0. The van der Waals surface area contributed by atoms with Crippen LogP contribution in [0, 0.1) is 10.1 Å². The summed E-state index contributed by atoms with van der Waals surface area (Å²) in [5, 5.41) is 9.81. The van der Waals surface area contributed by atoms with E-state index in [0.29, 0.717) is 0 Å². The summed E-state index contributed by atoms with van der Waals surface area (Å²) in [4.78, 5) is 12.7. The summed E-state index contributed by atoms with van der Waals surface area (Å²) in [5.74, 6) is 1.43. The summed E-state index contributed by atoms with van der Waals surface area (Å²) in [6.07, 6.45) is 1.35. The van der Waals surface area contributed by atoms with Crippen LogP contribution in [0.15, 0.2) is 17.0 Å². The number of nitro groups is 1. The Balaban J connectivity index is 2.72. The summed E-state index contributed by atoms with van der Waals surface area (Å²) >= 11 is 0. The van der Waals surface area contributed by atoms with Crippen molar-refractivity contribution in [3.05, 3.63) is 22.2 Å².